The fourth-order valence-electron chi connectivity index (χ4n) is 1.95. The lowest BCUT2D eigenvalue weighted by molar-refractivity contribution is 0.0405. The van der Waals surface area contributed by atoms with Gasteiger partial charge in [-0.25, -0.2) is 0 Å². The first kappa shape index (κ1) is 12.4. The fourth-order valence-corrected chi connectivity index (χ4v) is 1.95. The van der Waals surface area contributed by atoms with Crippen LogP contribution in [0.5, 0.6) is 0 Å². The minimum Gasteiger partial charge on any atom is -0.381 e. The van der Waals surface area contributed by atoms with E-state index in [1.54, 1.807) is 7.11 Å². The Balaban J connectivity index is 2.16. The van der Waals surface area contributed by atoms with Crippen LogP contribution in [0.3, 0.4) is 0 Å². The monoisotopic (exact) mass is 211 g/mol. The number of hydrogen-bond donors (Lipinski definition) is 1. The maximum Gasteiger partial charge on any atom is 0.0962 e. The first-order chi connectivity index (χ1) is 7.30. The van der Waals surface area contributed by atoms with E-state index in [-0.39, 0.29) is 6.04 Å². The number of rotatable bonds is 5. The van der Waals surface area contributed by atoms with Crippen molar-refractivity contribution in [3.63, 3.8) is 0 Å². The number of ether oxygens (including phenoxy) is 1. The van der Waals surface area contributed by atoms with E-state index in [1.165, 1.54) is 0 Å². The number of nitrogens with zero attached hydrogens (tertiary/aromatic N) is 2. The molecule has 4 heteroatoms. The Hall–Kier alpha value is -0.630. The average molecular weight is 211 g/mol. The number of methoxy groups -OCH3 is 1. The third kappa shape index (κ3) is 4.17. The van der Waals surface area contributed by atoms with Crippen LogP contribution in [0.2, 0.25) is 0 Å². The second-order valence-electron chi connectivity index (χ2n) is 4.04. The van der Waals surface area contributed by atoms with Gasteiger partial charge in [-0.1, -0.05) is 0 Å². The summed E-state index contributed by atoms with van der Waals surface area (Å²) in [6.07, 6.45) is 3.59. The highest BCUT2D eigenvalue weighted by molar-refractivity contribution is 4.89. The molecule has 1 aliphatic rings. The van der Waals surface area contributed by atoms with Crippen LogP contribution in [0.4, 0.5) is 0 Å². The third-order valence-electron chi connectivity index (χ3n) is 3.11. The summed E-state index contributed by atoms with van der Waals surface area (Å²) in [6, 6.07) is 2.24. The van der Waals surface area contributed by atoms with Gasteiger partial charge in [0.1, 0.15) is 0 Å². The second-order valence-corrected chi connectivity index (χ2v) is 4.04. The van der Waals surface area contributed by atoms with Gasteiger partial charge in [-0.15, -0.1) is 0 Å². The van der Waals surface area contributed by atoms with Crippen molar-refractivity contribution in [2.75, 3.05) is 33.8 Å². The predicted octanol–water partition coefficient (Wildman–Crippen LogP) is 0.599. The van der Waals surface area contributed by atoms with E-state index < -0.39 is 0 Å². The molecule has 1 aliphatic heterocycles. The van der Waals surface area contributed by atoms with Crippen molar-refractivity contribution in [3.8, 4) is 6.07 Å². The Bertz CT molecular complexity index is 206. The molecule has 0 aromatic heterocycles. The lowest BCUT2D eigenvalue weighted by Crippen LogP contribution is -2.39. The minimum atomic E-state index is -0.00912. The smallest absolute Gasteiger partial charge is 0.0962 e. The molecule has 4 nitrogen and oxygen atoms in total. The minimum absolute atomic E-state index is 0.00912. The molecule has 86 valence electrons. The summed E-state index contributed by atoms with van der Waals surface area (Å²) in [5.74, 6) is 0. The molecule has 0 bridgehead atoms. The Morgan fingerprint density at radius 1 is 1.53 bits per heavy atom. The molecule has 0 saturated carbocycles. The van der Waals surface area contributed by atoms with Crippen molar-refractivity contribution < 1.29 is 4.74 Å². The Morgan fingerprint density at radius 2 is 2.20 bits per heavy atom. The topological polar surface area (TPSA) is 48.3 Å². The van der Waals surface area contributed by atoms with E-state index in [2.05, 4.69) is 16.3 Å². The first-order valence-corrected chi connectivity index (χ1v) is 5.62. The zero-order valence-electron chi connectivity index (χ0n) is 9.70. The van der Waals surface area contributed by atoms with E-state index in [9.17, 15) is 0 Å². The molecular weight excluding hydrogens is 190 g/mol. The van der Waals surface area contributed by atoms with Crippen molar-refractivity contribution in [1.29, 1.82) is 5.26 Å². The van der Waals surface area contributed by atoms with Crippen LogP contribution in [-0.4, -0.2) is 50.8 Å². The van der Waals surface area contributed by atoms with Crippen LogP contribution in [0.1, 0.15) is 19.3 Å². The van der Waals surface area contributed by atoms with Crippen LogP contribution in [0, 0.1) is 11.3 Å². The van der Waals surface area contributed by atoms with Crippen molar-refractivity contribution in [1.82, 2.24) is 10.2 Å². The maximum atomic E-state index is 8.78. The molecule has 1 N–H and O–H groups in total. The zero-order valence-corrected chi connectivity index (χ0v) is 9.70. The summed E-state index contributed by atoms with van der Waals surface area (Å²) in [5.41, 5.74) is 0. The van der Waals surface area contributed by atoms with Crippen molar-refractivity contribution in [2.45, 2.75) is 31.4 Å². The van der Waals surface area contributed by atoms with Crippen LogP contribution in [0.25, 0.3) is 0 Å². The summed E-state index contributed by atoms with van der Waals surface area (Å²) >= 11 is 0. The first-order valence-electron chi connectivity index (χ1n) is 5.62. The molecule has 1 fully saturated rings. The molecule has 0 radical (unpaired) electrons. The van der Waals surface area contributed by atoms with Gasteiger partial charge in [0.2, 0.25) is 0 Å². The highest BCUT2D eigenvalue weighted by atomic mass is 16.5. The summed E-state index contributed by atoms with van der Waals surface area (Å²) in [4.78, 5) is 2.41. The highest BCUT2D eigenvalue weighted by Crippen LogP contribution is 2.13. The predicted molar refractivity (Wildman–Crippen MR) is 59.5 cm³/mol. The van der Waals surface area contributed by atoms with Crippen LogP contribution < -0.4 is 5.32 Å². The Morgan fingerprint density at radius 3 is 2.67 bits per heavy atom. The van der Waals surface area contributed by atoms with E-state index in [0.717, 1.165) is 38.9 Å². The van der Waals surface area contributed by atoms with E-state index in [0.29, 0.717) is 6.10 Å². The average Bonchev–Trinajstić information content (AvgIpc) is 2.31. The van der Waals surface area contributed by atoms with E-state index in [1.807, 2.05) is 7.05 Å². The molecule has 1 unspecified atom stereocenters. The molecule has 0 spiro atoms. The SMILES string of the molecule is CNC(C#N)CCN1CCC(OC)CC1. The molecule has 15 heavy (non-hydrogen) atoms. The van der Waals surface area contributed by atoms with Crippen molar-refractivity contribution in [2.24, 2.45) is 0 Å². The summed E-state index contributed by atoms with van der Waals surface area (Å²) in [5, 5.41) is 11.8. The molecule has 0 aromatic carbocycles. The van der Waals surface area contributed by atoms with Gasteiger partial charge in [0, 0.05) is 26.7 Å². The molecule has 1 rings (SSSR count). The van der Waals surface area contributed by atoms with Gasteiger partial charge in [-0.3, -0.25) is 0 Å². The quantitative estimate of drug-likeness (QED) is 0.723. The van der Waals surface area contributed by atoms with Crippen LogP contribution in [0.15, 0.2) is 0 Å². The zero-order chi connectivity index (χ0) is 11.1. The Kier molecular flexibility index (Phi) is 5.62. The number of nitriles is 1. The molecule has 0 aromatic rings. The van der Waals surface area contributed by atoms with Crippen molar-refractivity contribution in [3.05, 3.63) is 0 Å². The van der Waals surface area contributed by atoms with Crippen LogP contribution in [-0.2, 0) is 4.74 Å². The normalized spacial score (nSPS) is 21.1. The second kappa shape index (κ2) is 6.78. The third-order valence-corrected chi connectivity index (χ3v) is 3.11. The molecular formula is C11H21N3O. The molecule has 0 amide bonds. The lowest BCUT2D eigenvalue weighted by Gasteiger charge is -2.31. The number of nitrogens with one attached hydrogen (secondary N) is 1. The van der Waals surface area contributed by atoms with Gasteiger partial charge in [-0.05, 0) is 26.3 Å². The lowest BCUT2D eigenvalue weighted by atomic mass is 10.1. The Labute approximate surface area is 92.2 Å². The largest absolute Gasteiger partial charge is 0.381 e. The van der Waals surface area contributed by atoms with Gasteiger partial charge in [-0.2, -0.15) is 5.26 Å². The van der Waals surface area contributed by atoms with Gasteiger partial charge in [0.15, 0.2) is 0 Å². The van der Waals surface area contributed by atoms with Gasteiger partial charge in [0.05, 0.1) is 18.2 Å². The van der Waals surface area contributed by atoms with Gasteiger partial charge < -0.3 is 15.0 Å². The summed E-state index contributed by atoms with van der Waals surface area (Å²) in [7, 11) is 3.62. The summed E-state index contributed by atoms with van der Waals surface area (Å²) in [6.45, 7) is 3.20. The molecule has 1 atom stereocenters. The van der Waals surface area contributed by atoms with E-state index >= 15 is 0 Å². The van der Waals surface area contributed by atoms with Gasteiger partial charge in [0.25, 0.3) is 0 Å². The van der Waals surface area contributed by atoms with Gasteiger partial charge >= 0.3 is 0 Å². The molecule has 1 saturated heterocycles. The number of hydrogen-bond acceptors (Lipinski definition) is 4. The number of likely N-dealkylation sites (tertiary alicyclic amines) is 1. The van der Waals surface area contributed by atoms with Crippen LogP contribution >= 0.6 is 0 Å². The fraction of sp³-hybridized carbons (Fsp3) is 0.909. The van der Waals surface area contributed by atoms with Crippen molar-refractivity contribution >= 4 is 0 Å². The molecule has 1 heterocycles. The standard InChI is InChI=1S/C11H21N3O/c1-13-10(9-12)3-6-14-7-4-11(15-2)5-8-14/h10-11,13H,3-8H2,1-2H3. The van der Waals surface area contributed by atoms with E-state index in [4.69, 9.17) is 10.00 Å². The number of piperidine rings is 1. The maximum absolute atomic E-state index is 8.78. The summed E-state index contributed by atoms with van der Waals surface area (Å²) < 4.78 is 5.32. The molecule has 0 aliphatic carbocycles. The highest BCUT2D eigenvalue weighted by Gasteiger charge is 2.18.